The van der Waals surface area contributed by atoms with Crippen molar-refractivity contribution in [2.24, 2.45) is 0 Å². The van der Waals surface area contributed by atoms with Crippen LogP contribution in [0.4, 0.5) is 5.69 Å². The van der Waals surface area contributed by atoms with E-state index in [1.165, 1.54) is 11.8 Å². The van der Waals surface area contributed by atoms with E-state index in [0.717, 1.165) is 5.56 Å². The van der Waals surface area contributed by atoms with Gasteiger partial charge in [0, 0.05) is 29.1 Å². The van der Waals surface area contributed by atoms with Crippen LogP contribution >= 0.6 is 11.8 Å². The van der Waals surface area contributed by atoms with Crippen LogP contribution < -0.4 is 10.9 Å². The van der Waals surface area contributed by atoms with E-state index < -0.39 is 5.97 Å². The molecule has 1 aromatic heterocycles. The smallest absolute Gasteiger partial charge is 0.338 e. The summed E-state index contributed by atoms with van der Waals surface area (Å²) < 4.78 is 4.94. The quantitative estimate of drug-likeness (QED) is 0.288. The summed E-state index contributed by atoms with van der Waals surface area (Å²) >= 11 is 1.46. The lowest BCUT2D eigenvalue weighted by Gasteiger charge is -2.09. The molecule has 2 N–H and O–H groups in total. The fraction of sp³-hybridized carbons (Fsp3) is 0.250. The number of amides is 1. The highest BCUT2D eigenvalue weighted by Crippen LogP contribution is 2.19. The number of rotatable bonds is 9. The molecule has 0 radical (unpaired) electrons. The molecule has 0 saturated heterocycles. The lowest BCUT2D eigenvalue weighted by Crippen LogP contribution is -2.20. The molecule has 166 valence electrons. The van der Waals surface area contributed by atoms with E-state index in [2.05, 4.69) is 15.3 Å². The molecule has 0 unspecified atom stereocenters. The summed E-state index contributed by atoms with van der Waals surface area (Å²) in [5, 5.41) is 3.33. The minimum absolute atomic E-state index is 0.141. The number of carbonyl (C=O) groups excluding carboxylic acids is 2. The lowest BCUT2D eigenvalue weighted by atomic mass is 10.1. The van der Waals surface area contributed by atoms with Crippen LogP contribution in [0.15, 0.2) is 64.5 Å². The molecule has 0 fully saturated rings. The maximum atomic E-state index is 12.5. The Labute approximate surface area is 190 Å². The number of aromatic nitrogens is 2. The minimum atomic E-state index is -0.405. The first-order chi connectivity index (χ1) is 15.5. The molecule has 0 spiro atoms. The number of nitrogens with zero attached hydrogens (tertiary/aromatic N) is 1. The van der Waals surface area contributed by atoms with Crippen molar-refractivity contribution in [1.82, 2.24) is 9.97 Å². The summed E-state index contributed by atoms with van der Waals surface area (Å²) in [5.41, 5.74) is 3.04. The van der Waals surface area contributed by atoms with Crippen molar-refractivity contribution in [3.8, 4) is 0 Å². The van der Waals surface area contributed by atoms with Gasteiger partial charge < -0.3 is 15.0 Å². The predicted octanol–water partition coefficient (Wildman–Crippen LogP) is 4.12. The SMILES string of the molecule is CCOC(=O)c1ccc(NC(=O)CCc2c(C)nc(SCc3ccccc3)[nH]c2=O)cc1. The molecular weight excluding hydrogens is 426 g/mol. The molecule has 2 aromatic carbocycles. The van der Waals surface area contributed by atoms with E-state index in [4.69, 9.17) is 4.74 Å². The van der Waals surface area contributed by atoms with Crippen molar-refractivity contribution in [2.75, 3.05) is 11.9 Å². The number of thioether (sulfide) groups is 1. The van der Waals surface area contributed by atoms with Gasteiger partial charge in [-0.2, -0.15) is 0 Å². The van der Waals surface area contributed by atoms with Gasteiger partial charge in [0.15, 0.2) is 5.16 Å². The Bertz CT molecular complexity index is 1130. The van der Waals surface area contributed by atoms with E-state index in [1.807, 2.05) is 30.3 Å². The molecule has 3 rings (SSSR count). The Morgan fingerprint density at radius 1 is 1.09 bits per heavy atom. The third-order valence-corrected chi connectivity index (χ3v) is 5.65. The van der Waals surface area contributed by atoms with Crippen molar-refractivity contribution >= 4 is 29.3 Å². The number of anilines is 1. The first kappa shape index (κ1) is 23.3. The van der Waals surface area contributed by atoms with E-state index in [-0.39, 0.29) is 24.3 Å². The van der Waals surface area contributed by atoms with E-state index in [0.29, 0.717) is 40.0 Å². The van der Waals surface area contributed by atoms with Crippen LogP contribution in [0.25, 0.3) is 0 Å². The standard InChI is InChI=1S/C24H25N3O4S/c1-3-31-23(30)18-9-11-19(12-10-18)26-21(28)14-13-20-16(2)25-24(27-22(20)29)32-15-17-7-5-4-6-8-17/h4-12H,3,13-15H2,1-2H3,(H,26,28)(H,25,27,29). The number of aryl methyl sites for hydroxylation is 1. The van der Waals surface area contributed by atoms with Gasteiger partial charge in [-0.1, -0.05) is 42.1 Å². The zero-order chi connectivity index (χ0) is 22.9. The van der Waals surface area contributed by atoms with Crippen LogP contribution in [0.2, 0.25) is 0 Å². The highest BCUT2D eigenvalue weighted by atomic mass is 32.2. The van der Waals surface area contributed by atoms with Crippen molar-refractivity contribution < 1.29 is 14.3 Å². The normalized spacial score (nSPS) is 10.6. The second-order valence-electron chi connectivity index (χ2n) is 7.06. The third-order valence-electron chi connectivity index (χ3n) is 4.70. The molecule has 0 saturated carbocycles. The Hall–Kier alpha value is -3.39. The minimum Gasteiger partial charge on any atom is -0.462 e. The van der Waals surface area contributed by atoms with Gasteiger partial charge in [0.05, 0.1) is 12.2 Å². The van der Waals surface area contributed by atoms with E-state index in [9.17, 15) is 14.4 Å². The molecule has 0 aliphatic heterocycles. The monoisotopic (exact) mass is 451 g/mol. The molecule has 3 aromatic rings. The van der Waals surface area contributed by atoms with Crippen LogP contribution in [0.5, 0.6) is 0 Å². The summed E-state index contributed by atoms with van der Waals surface area (Å²) in [6, 6.07) is 16.4. The predicted molar refractivity (Wildman–Crippen MR) is 125 cm³/mol. The number of hydrogen-bond donors (Lipinski definition) is 2. The van der Waals surface area contributed by atoms with Gasteiger partial charge in [0.2, 0.25) is 5.91 Å². The molecule has 32 heavy (non-hydrogen) atoms. The van der Waals surface area contributed by atoms with E-state index >= 15 is 0 Å². The number of nitrogens with one attached hydrogen (secondary N) is 2. The maximum absolute atomic E-state index is 12.5. The van der Waals surface area contributed by atoms with Gasteiger partial charge in [-0.3, -0.25) is 9.59 Å². The Morgan fingerprint density at radius 3 is 2.47 bits per heavy atom. The molecule has 0 aliphatic carbocycles. The Kier molecular flexibility index (Phi) is 8.21. The first-order valence-corrected chi connectivity index (χ1v) is 11.3. The molecular formula is C24H25N3O4S. The summed E-state index contributed by atoms with van der Waals surface area (Å²) in [6.07, 6.45) is 0.423. The highest BCUT2D eigenvalue weighted by Gasteiger charge is 2.12. The zero-order valence-electron chi connectivity index (χ0n) is 18.0. The average Bonchev–Trinajstić information content (AvgIpc) is 2.78. The zero-order valence-corrected chi connectivity index (χ0v) is 18.8. The topological polar surface area (TPSA) is 101 Å². The van der Waals surface area contributed by atoms with Crippen LogP contribution in [-0.4, -0.2) is 28.5 Å². The molecule has 8 heteroatoms. The average molecular weight is 452 g/mol. The fourth-order valence-corrected chi connectivity index (χ4v) is 3.90. The van der Waals surface area contributed by atoms with Crippen LogP contribution in [0, 0.1) is 6.92 Å². The Balaban J connectivity index is 1.55. The highest BCUT2D eigenvalue weighted by molar-refractivity contribution is 7.98. The van der Waals surface area contributed by atoms with Crippen molar-refractivity contribution in [2.45, 2.75) is 37.6 Å². The molecule has 0 aliphatic rings. The largest absolute Gasteiger partial charge is 0.462 e. The van der Waals surface area contributed by atoms with Gasteiger partial charge in [0.1, 0.15) is 0 Å². The molecule has 7 nitrogen and oxygen atoms in total. The maximum Gasteiger partial charge on any atom is 0.338 e. The Morgan fingerprint density at radius 2 is 1.81 bits per heavy atom. The van der Waals surface area contributed by atoms with Crippen molar-refractivity contribution in [3.05, 3.63) is 87.3 Å². The number of ether oxygens (including phenoxy) is 1. The number of hydrogen-bond acceptors (Lipinski definition) is 6. The van der Waals surface area contributed by atoms with Gasteiger partial charge in [-0.15, -0.1) is 0 Å². The number of benzene rings is 2. The molecule has 1 amide bonds. The van der Waals surface area contributed by atoms with Crippen LogP contribution in [-0.2, 0) is 21.7 Å². The van der Waals surface area contributed by atoms with Crippen molar-refractivity contribution in [3.63, 3.8) is 0 Å². The van der Waals surface area contributed by atoms with Gasteiger partial charge in [-0.25, -0.2) is 9.78 Å². The molecule has 0 bridgehead atoms. The van der Waals surface area contributed by atoms with Crippen LogP contribution in [0.3, 0.4) is 0 Å². The summed E-state index contributed by atoms with van der Waals surface area (Å²) in [5.74, 6) is 0.0769. The van der Waals surface area contributed by atoms with Gasteiger partial charge >= 0.3 is 5.97 Å². The van der Waals surface area contributed by atoms with Gasteiger partial charge in [-0.05, 0) is 50.1 Å². The van der Waals surface area contributed by atoms with Gasteiger partial charge in [0.25, 0.3) is 5.56 Å². The van der Waals surface area contributed by atoms with Crippen molar-refractivity contribution in [1.29, 1.82) is 0 Å². The second kappa shape index (κ2) is 11.3. The second-order valence-corrected chi connectivity index (χ2v) is 8.02. The lowest BCUT2D eigenvalue weighted by molar-refractivity contribution is -0.116. The molecule has 1 heterocycles. The summed E-state index contributed by atoms with van der Waals surface area (Å²) in [7, 11) is 0. The molecule has 0 atom stereocenters. The number of esters is 1. The summed E-state index contributed by atoms with van der Waals surface area (Å²) in [6.45, 7) is 3.83. The number of H-pyrrole nitrogens is 1. The summed E-state index contributed by atoms with van der Waals surface area (Å²) in [4.78, 5) is 43.8. The number of aromatic amines is 1. The number of carbonyl (C=O) groups is 2. The van der Waals surface area contributed by atoms with Crippen LogP contribution in [0.1, 0.15) is 40.5 Å². The van der Waals surface area contributed by atoms with E-state index in [1.54, 1.807) is 38.1 Å². The fourth-order valence-electron chi connectivity index (χ4n) is 3.04. The first-order valence-electron chi connectivity index (χ1n) is 10.3. The third kappa shape index (κ3) is 6.55.